The fraction of sp³-hybridized carbons (Fsp3) is 0.500. The van der Waals surface area contributed by atoms with Crippen molar-refractivity contribution in [1.29, 1.82) is 0 Å². The predicted molar refractivity (Wildman–Crippen MR) is 120 cm³/mol. The standard InChI is InChI=1S/C22H28BrN5O2/c1-22(2,3)30-21(29)27-7-5-15(6-8-27)12-28-13-16(10-25-28)18-14-26(4)19-11-24-20(23)9-17(18)19/h9-11,13-15H,5-8,12H2,1-4H3. The first-order valence-electron chi connectivity index (χ1n) is 10.3. The third kappa shape index (κ3) is 4.53. The maximum absolute atomic E-state index is 12.2. The van der Waals surface area contributed by atoms with Crippen molar-refractivity contribution in [2.45, 2.75) is 45.8 Å². The molecular weight excluding hydrogens is 446 g/mol. The summed E-state index contributed by atoms with van der Waals surface area (Å²) in [7, 11) is 2.03. The first kappa shape index (κ1) is 20.9. The molecule has 1 saturated heterocycles. The third-order valence-electron chi connectivity index (χ3n) is 5.50. The van der Waals surface area contributed by atoms with Gasteiger partial charge in [-0.2, -0.15) is 5.10 Å². The van der Waals surface area contributed by atoms with Gasteiger partial charge in [-0.25, -0.2) is 9.78 Å². The Hall–Kier alpha value is -2.35. The monoisotopic (exact) mass is 473 g/mol. The van der Waals surface area contributed by atoms with Gasteiger partial charge in [-0.05, 0) is 61.5 Å². The molecule has 0 spiro atoms. The number of piperidine rings is 1. The summed E-state index contributed by atoms with van der Waals surface area (Å²) in [6, 6.07) is 2.05. The molecule has 0 saturated carbocycles. The van der Waals surface area contributed by atoms with Crippen molar-refractivity contribution in [3.8, 4) is 11.1 Å². The van der Waals surface area contributed by atoms with Crippen LogP contribution in [0.5, 0.6) is 0 Å². The second-order valence-electron chi connectivity index (χ2n) is 9.04. The maximum atomic E-state index is 12.2. The van der Waals surface area contributed by atoms with Crippen LogP contribution in [0, 0.1) is 5.92 Å². The van der Waals surface area contributed by atoms with E-state index in [4.69, 9.17) is 4.74 Å². The van der Waals surface area contributed by atoms with E-state index in [1.165, 1.54) is 0 Å². The van der Waals surface area contributed by atoms with Crippen LogP contribution in [0.15, 0.2) is 35.5 Å². The van der Waals surface area contributed by atoms with Crippen LogP contribution in [0.25, 0.3) is 22.0 Å². The minimum atomic E-state index is -0.452. The van der Waals surface area contributed by atoms with Crippen LogP contribution >= 0.6 is 15.9 Å². The van der Waals surface area contributed by atoms with Crippen LogP contribution in [0.2, 0.25) is 0 Å². The van der Waals surface area contributed by atoms with Gasteiger partial charge < -0.3 is 14.2 Å². The molecule has 1 aliphatic rings. The van der Waals surface area contributed by atoms with Crippen LogP contribution in [-0.4, -0.2) is 49.0 Å². The Morgan fingerprint density at radius 3 is 2.67 bits per heavy atom. The molecular formula is C22H28BrN5O2. The van der Waals surface area contributed by atoms with Gasteiger partial charge >= 0.3 is 6.09 Å². The van der Waals surface area contributed by atoms with E-state index in [0.29, 0.717) is 5.92 Å². The smallest absolute Gasteiger partial charge is 0.410 e. The zero-order valence-corrected chi connectivity index (χ0v) is 19.5. The van der Waals surface area contributed by atoms with Crippen LogP contribution in [0.1, 0.15) is 33.6 Å². The highest BCUT2D eigenvalue weighted by Gasteiger charge is 2.27. The van der Waals surface area contributed by atoms with E-state index in [0.717, 1.165) is 59.1 Å². The number of likely N-dealkylation sites (tertiary alicyclic amines) is 1. The first-order chi connectivity index (χ1) is 14.2. The molecule has 30 heavy (non-hydrogen) atoms. The SMILES string of the molecule is Cn1cc(-c2cnn(CC3CCN(C(=O)OC(C)(C)C)CC3)c2)c2cc(Br)ncc21. The Kier molecular flexibility index (Phi) is 5.61. The first-order valence-corrected chi connectivity index (χ1v) is 11.1. The summed E-state index contributed by atoms with van der Waals surface area (Å²) in [5.74, 6) is 0.502. The summed E-state index contributed by atoms with van der Waals surface area (Å²) >= 11 is 3.47. The van der Waals surface area contributed by atoms with E-state index in [-0.39, 0.29) is 6.09 Å². The van der Waals surface area contributed by atoms with Crippen LogP contribution in [-0.2, 0) is 18.3 Å². The summed E-state index contributed by atoms with van der Waals surface area (Å²) in [4.78, 5) is 18.4. The second kappa shape index (κ2) is 8.06. The lowest BCUT2D eigenvalue weighted by Gasteiger charge is -2.33. The molecule has 0 atom stereocenters. The predicted octanol–water partition coefficient (Wildman–Crippen LogP) is 4.85. The molecule has 1 fully saturated rings. The molecule has 8 heteroatoms. The minimum Gasteiger partial charge on any atom is -0.444 e. The Bertz CT molecular complexity index is 1060. The molecule has 0 N–H and O–H groups in total. The van der Waals surface area contributed by atoms with Crippen LogP contribution in [0.3, 0.4) is 0 Å². The quantitative estimate of drug-likeness (QED) is 0.510. The van der Waals surface area contributed by atoms with Gasteiger partial charge in [0.2, 0.25) is 0 Å². The van der Waals surface area contributed by atoms with Gasteiger partial charge in [0.1, 0.15) is 10.2 Å². The number of rotatable bonds is 3. The number of carbonyl (C=O) groups is 1. The van der Waals surface area contributed by atoms with Gasteiger partial charge in [-0.1, -0.05) is 0 Å². The summed E-state index contributed by atoms with van der Waals surface area (Å²) in [6.07, 6.45) is 9.76. The minimum absolute atomic E-state index is 0.209. The van der Waals surface area contributed by atoms with Crippen LogP contribution in [0.4, 0.5) is 4.79 Å². The van der Waals surface area contributed by atoms with Crippen molar-refractivity contribution in [1.82, 2.24) is 24.2 Å². The number of carbonyl (C=O) groups excluding carboxylic acids is 1. The average molecular weight is 474 g/mol. The van der Waals surface area contributed by atoms with E-state index < -0.39 is 5.60 Å². The van der Waals surface area contributed by atoms with E-state index >= 15 is 0 Å². The van der Waals surface area contributed by atoms with Gasteiger partial charge in [0.25, 0.3) is 0 Å². The number of ether oxygens (including phenoxy) is 1. The van der Waals surface area contributed by atoms with E-state index in [2.05, 4.69) is 43.0 Å². The summed E-state index contributed by atoms with van der Waals surface area (Å²) < 4.78 is 10.4. The van der Waals surface area contributed by atoms with Crippen LogP contribution < -0.4 is 0 Å². The Balaban J connectivity index is 1.41. The molecule has 3 aromatic rings. The summed E-state index contributed by atoms with van der Waals surface area (Å²) in [5, 5.41) is 5.76. The fourth-order valence-electron chi connectivity index (χ4n) is 3.97. The van der Waals surface area contributed by atoms with Gasteiger partial charge in [0.15, 0.2) is 0 Å². The molecule has 4 heterocycles. The van der Waals surface area contributed by atoms with Crippen molar-refractivity contribution in [2.24, 2.45) is 13.0 Å². The van der Waals surface area contributed by atoms with Crippen molar-refractivity contribution in [3.63, 3.8) is 0 Å². The lowest BCUT2D eigenvalue weighted by molar-refractivity contribution is 0.0177. The lowest BCUT2D eigenvalue weighted by atomic mass is 9.97. The highest BCUT2D eigenvalue weighted by Crippen LogP contribution is 2.31. The average Bonchev–Trinajstić information content (AvgIpc) is 3.25. The number of hydrogen-bond acceptors (Lipinski definition) is 4. The van der Waals surface area contributed by atoms with Crippen molar-refractivity contribution >= 4 is 32.9 Å². The molecule has 7 nitrogen and oxygen atoms in total. The van der Waals surface area contributed by atoms with E-state index in [1.54, 1.807) is 0 Å². The molecule has 3 aromatic heterocycles. The number of aromatic nitrogens is 4. The molecule has 0 aliphatic carbocycles. The molecule has 160 valence electrons. The van der Waals surface area contributed by atoms with Crippen molar-refractivity contribution < 1.29 is 9.53 Å². The van der Waals surface area contributed by atoms with Crippen molar-refractivity contribution in [2.75, 3.05) is 13.1 Å². The normalized spacial score (nSPS) is 15.7. The zero-order chi connectivity index (χ0) is 21.5. The molecule has 0 aromatic carbocycles. The number of pyridine rings is 1. The Morgan fingerprint density at radius 1 is 1.23 bits per heavy atom. The topological polar surface area (TPSA) is 65.2 Å². The second-order valence-corrected chi connectivity index (χ2v) is 9.85. The number of halogens is 1. The number of hydrogen-bond donors (Lipinski definition) is 0. The van der Waals surface area contributed by atoms with Gasteiger partial charge in [0.05, 0.1) is 17.9 Å². The molecule has 0 unspecified atom stereocenters. The van der Waals surface area contributed by atoms with E-state index in [1.807, 2.05) is 55.9 Å². The highest BCUT2D eigenvalue weighted by molar-refractivity contribution is 9.10. The highest BCUT2D eigenvalue weighted by atomic mass is 79.9. The largest absolute Gasteiger partial charge is 0.444 e. The molecule has 1 amide bonds. The Labute approximate surface area is 185 Å². The zero-order valence-electron chi connectivity index (χ0n) is 17.9. The van der Waals surface area contributed by atoms with E-state index in [9.17, 15) is 4.79 Å². The number of fused-ring (bicyclic) bond motifs is 1. The summed E-state index contributed by atoms with van der Waals surface area (Å²) in [5.41, 5.74) is 2.90. The molecule has 1 aliphatic heterocycles. The number of aryl methyl sites for hydroxylation is 1. The van der Waals surface area contributed by atoms with Gasteiger partial charge in [-0.15, -0.1) is 0 Å². The molecule has 4 rings (SSSR count). The maximum Gasteiger partial charge on any atom is 0.410 e. The lowest BCUT2D eigenvalue weighted by Crippen LogP contribution is -2.42. The number of amides is 1. The van der Waals surface area contributed by atoms with Gasteiger partial charge in [0, 0.05) is 55.6 Å². The summed E-state index contributed by atoms with van der Waals surface area (Å²) in [6.45, 7) is 8.03. The fourth-order valence-corrected chi connectivity index (χ4v) is 4.31. The third-order valence-corrected chi connectivity index (χ3v) is 5.93. The Morgan fingerprint density at radius 2 is 1.97 bits per heavy atom. The number of nitrogens with zero attached hydrogens (tertiary/aromatic N) is 5. The van der Waals surface area contributed by atoms with Crippen molar-refractivity contribution in [3.05, 3.63) is 35.5 Å². The van der Waals surface area contributed by atoms with Gasteiger partial charge in [-0.3, -0.25) is 4.68 Å². The molecule has 0 radical (unpaired) electrons. The molecule has 0 bridgehead atoms.